The molecule has 31 heavy (non-hydrogen) atoms. The van der Waals surface area contributed by atoms with Crippen LogP contribution in [0.25, 0.3) is 6.08 Å². The van der Waals surface area contributed by atoms with E-state index in [0.29, 0.717) is 11.4 Å². The number of rotatable bonds is 7. The first kappa shape index (κ1) is 22.4. The Kier molecular flexibility index (Phi) is 6.65. The first-order chi connectivity index (χ1) is 14.7. The molecule has 1 saturated heterocycles. The second-order valence-corrected chi connectivity index (χ2v) is 8.97. The second kappa shape index (κ2) is 9.22. The van der Waals surface area contributed by atoms with Gasteiger partial charge in [0.1, 0.15) is 17.1 Å². The Hall–Kier alpha value is -3.33. The molecular weight excluding hydrogens is 440 g/mol. The summed E-state index contributed by atoms with van der Waals surface area (Å²) < 4.78 is 30.5. The first-order valence-corrected chi connectivity index (χ1v) is 11.3. The van der Waals surface area contributed by atoms with Gasteiger partial charge in [-0.2, -0.15) is 9.57 Å². The van der Waals surface area contributed by atoms with E-state index in [1.165, 1.54) is 17.0 Å². The highest BCUT2D eigenvalue weighted by atomic mass is 32.2. The zero-order valence-corrected chi connectivity index (χ0v) is 18.1. The minimum Gasteiger partial charge on any atom is -0.460 e. The Labute approximate surface area is 184 Å². The van der Waals surface area contributed by atoms with Crippen LogP contribution in [0.4, 0.5) is 5.69 Å². The molecule has 0 spiro atoms. The fraction of sp³-hybridized carbons (Fsp3) is 0.200. The predicted molar refractivity (Wildman–Crippen MR) is 117 cm³/mol. The zero-order valence-electron chi connectivity index (χ0n) is 16.4. The monoisotopic (exact) mass is 458 g/mol. The molecule has 11 heteroatoms. The molecule has 0 radical (unpaired) electrons. The van der Waals surface area contributed by atoms with E-state index in [-0.39, 0.29) is 36.0 Å². The van der Waals surface area contributed by atoms with Crippen molar-refractivity contribution in [1.29, 1.82) is 5.26 Å². The molecule has 0 atom stereocenters. The number of carbonyl (C=O) groups excluding carboxylic acids is 2. The van der Waals surface area contributed by atoms with Crippen molar-refractivity contribution in [3.8, 4) is 6.07 Å². The van der Waals surface area contributed by atoms with Gasteiger partial charge in [0.15, 0.2) is 5.11 Å². The molecule has 1 aromatic heterocycles. The maximum Gasteiger partial charge on any atom is 0.270 e. The summed E-state index contributed by atoms with van der Waals surface area (Å²) in [5, 5.41) is 11.2. The maximum absolute atomic E-state index is 12.9. The van der Waals surface area contributed by atoms with Crippen molar-refractivity contribution in [3.05, 3.63) is 59.6 Å². The van der Waals surface area contributed by atoms with Crippen LogP contribution in [0.3, 0.4) is 0 Å². The lowest BCUT2D eigenvalue weighted by Crippen LogP contribution is -2.54. The van der Waals surface area contributed by atoms with Gasteiger partial charge in [0.2, 0.25) is 10.0 Å². The van der Waals surface area contributed by atoms with Crippen LogP contribution in [0.15, 0.2) is 52.5 Å². The number of hydrogen-bond acceptors (Lipinski definition) is 7. The van der Waals surface area contributed by atoms with Gasteiger partial charge >= 0.3 is 0 Å². The molecule has 0 aliphatic carbocycles. The fourth-order valence-corrected chi connectivity index (χ4v) is 3.94. The molecule has 1 N–H and O–H groups in total. The quantitative estimate of drug-likeness (QED) is 0.381. The highest BCUT2D eigenvalue weighted by Gasteiger charge is 2.34. The number of sulfonamides is 1. The topological polar surface area (TPSA) is 124 Å². The molecule has 1 aliphatic heterocycles. The number of furan rings is 1. The standard InChI is InChI=1S/C20H18N4O5S2/c1-31(27,28)23(11-5-10-21)13-16-9-8-15(29-16)12-17-18(25)22-20(30)24(19(17)26)14-6-3-2-4-7-14/h2-4,6-9,12H,5,11,13H2,1H3,(H,22,25,30). The summed E-state index contributed by atoms with van der Waals surface area (Å²) in [6.07, 6.45) is 2.36. The molecule has 0 unspecified atom stereocenters. The normalized spacial score (nSPS) is 16.0. The Bertz CT molecular complexity index is 1200. The number of nitriles is 1. The van der Waals surface area contributed by atoms with Crippen LogP contribution in [0.1, 0.15) is 17.9 Å². The first-order valence-electron chi connectivity index (χ1n) is 9.08. The number of hydrogen-bond donors (Lipinski definition) is 1. The van der Waals surface area contributed by atoms with E-state index in [1.54, 1.807) is 36.4 Å². The van der Waals surface area contributed by atoms with Crippen molar-refractivity contribution in [2.75, 3.05) is 17.7 Å². The van der Waals surface area contributed by atoms with Crippen LogP contribution in [-0.2, 0) is 26.2 Å². The summed E-state index contributed by atoms with van der Waals surface area (Å²) in [5.74, 6) is -0.769. The van der Waals surface area contributed by atoms with Gasteiger partial charge in [-0.1, -0.05) is 18.2 Å². The van der Waals surface area contributed by atoms with Crippen molar-refractivity contribution in [1.82, 2.24) is 9.62 Å². The molecule has 1 aromatic carbocycles. The van der Waals surface area contributed by atoms with Crippen LogP contribution in [0.2, 0.25) is 0 Å². The summed E-state index contributed by atoms with van der Waals surface area (Å²) >= 11 is 5.14. The van der Waals surface area contributed by atoms with Crippen LogP contribution >= 0.6 is 12.2 Å². The Balaban J connectivity index is 1.85. The number of anilines is 1. The highest BCUT2D eigenvalue weighted by molar-refractivity contribution is 7.88. The third kappa shape index (κ3) is 5.24. The SMILES string of the molecule is CS(=O)(=O)N(CCC#N)Cc1ccc(C=C2C(=O)NC(=S)N(c3ccccc3)C2=O)o1. The smallest absolute Gasteiger partial charge is 0.270 e. The van der Waals surface area contributed by atoms with E-state index >= 15 is 0 Å². The second-order valence-electron chi connectivity index (χ2n) is 6.60. The minimum absolute atomic E-state index is 0.0246. The number of benzene rings is 1. The lowest BCUT2D eigenvalue weighted by molar-refractivity contribution is -0.122. The van der Waals surface area contributed by atoms with Gasteiger partial charge in [-0.15, -0.1) is 0 Å². The number of amides is 2. The molecule has 2 aromatic rings. The van der Waals surface area contributed by atoms with E-state index < -0.39 is 21.8 Å². The summed E-state index contributed by atoms with van der Waals surface area (Å²) in [4.78, 5) is 26.5. The molecule has 160 valence electrons. The molecule has 2 amide bonds. The van der Waals surface area contributed by atoms with Crippen molar-refractivity contribution < 1.29 is 22.4 Å². The van der Waals surface area contributed by atoms with Crippen LogP contribution in [-0.4, -0.2) is 42.5 Å². The minimum atomic E-state index is -3.55. The zero-order chi connectivity index (χ0) is 22.6. The van der Waals surface area contributed by atoms with Gasteiger partial charge in [0, 0.05) is 13.0 Å². The fourth-order valence-electron chi connectivity index (χ4n) is 2.88. The lowest BCUT2D eigenvalue weighted by atomic mass is 10.1. The number of carbonyl (C=O) groups is 2. The molecule has 1 fully saturated rings. The summed E-state index contributed by atoms with van der Waals surface area (Å²) in [7, 11) is -3.55. The molecule has 3 rings (SSSR count). The summed E-state index contributed by atoms with van der Waals surface area (Å²) in [5.41, 5.74) is 0.327. The molecule has 0 saturated carbocycles. The number of nitrogens with zero attached hydrogens (tertiary/aromatic N) is 3. The molecule has 2 heterocycles. The number of para-hydroxylation sites is 1. The van der Waals surface area contributed by atoms with E-state index in [1.807, 2.05) is 6.07 Å². The molecular formula is C20H18N4O5S2. The van der Waals surface area contributed by atoms with Crippen LogP contribution in [0.5, 0.6) is 0 Å². The molecule has 0 bridgehead atoms. The Morgan fingerprint density at radius 1 is 1.23 bits per heavy atom. The van der Waals surface area contributed by atoms with Gasteiger partial charge < -0.3 is 4.42 Å². The largest absolute Gasteiger partial charge is 0.460 e. The van der Waals surface area contributed by atoms with Gasteiger partial charge in [-0.3, -0.25) is 19.8 Å². The van der Waals surface area contributed by atoms with E-state index in [9.17, 15) is 18.0 Å². The van der Waals surface area contributed by atoms with Gasteiger partial charge in [0.25, 0.3) is 11.8 Å². The Morgan fingerprint density at radius 2 is 1.94 bits per heavy atom. The van der Waals surface area contributed by atoms with Gasteiger partial charge in [-0.05, 0) is 42.6 Å². The van der Waals surface area contributed by atoms with Gasteiger partial charge in [-0.25, -0.2) is 8.42 Å². The molecule has 1 aliphatic rings. The van der Waals surface area contributed by atoms with E-state index in [2.05, 4.69) is 5.32 Å². The predicted octanol–water partition coefficient (Wildman–Crippen LogP) is 1.79. The van der Waals surface area contributed by atoms with E-state index in [0.717, 1.165) is 10.6 Å². The van der Waals surface area contributed by atoms with Crippen molar-refractivity contribution in [3.63, 3.8) is 0 Å². The van der Waals surface area contributed by atoms with Crippen LogP contribution < -0.4 is 10.2 Å². The third-order valence-electron chi connectivity index (χ3n) is 4.36. The van der Waals surface area contributed by atoms with Gasteiger partial charge in [0.05, 0.1) is 24.6 Å². The van der Waals surface area contributed by atoms with Crippen LogP contribution in [0, 0.1) is 11.3 Å². The lowest BCUT2D eigenvalue weighted by Gasteiger charge is -2.28. The number of thiocarbonyl (C=S) groups is 1. The summed E-state index contributed by atoms with van der Waals surface area (Å²) in [6.45, 7) is -0.0547. The maximum atomic E-state index is 12.9. The van der Waals surface area contributed by atoms with Crippen molar-refractivity contribution >= 4 is 50.9 Å². The Morgan fingerprint density at radius 3 is 2.58 bits per heavy atom. The van der Waals surface area contributed by atoms with Crippen molar-refractivity contribution in [2.45, 2.75) is 13.0 Å². The average Bonchev–Trinajstić information content (AvgIpc) is 3.15. The molecule has 9 nitrogen and oxygen atoms in total. The highest BCUT2D eigenvalue weighted by Crippen LogP contribution is 2.22. The third-order valence-corrected chi connectivity index (χ3v) is 5.89. The average molecular weight is 459 g/mol. The summed E-state index contributed by atoms with van der Waals surface area (Å²) in [6, 6.07) is 13.6. The van der Waals surface area contributed by atoms with Crippen molar-refractivity contribution in [2.24, 2.45) is 0 Å². The van der Waals surface area contributed by atoms with E-state index in [4.69, 9.17) is 21.9 Å². The number of nitrogens with one attached hydrogen (secondary N) is 1.